The van der Waals surface area contributed by atoms with E-state index in [1.807, 2.05) is 38.1 Å². The van der Waals surface area contributed by atoms with Crippen molar-refractivity contribution < 1.29 is 14.3 Å². The van der Waals surface area contributed by atoms with E-state index in [-0.39, 0.29) is 6.10 Å². The molecule has 11 heteroatoms. The summed E-state index contributed by atoms with van der Waals surface area (Å²) in [5, 5.41) is 6.97. The minimum Gasteiger partial charge on any atom is -0.489 e. The van der Waals surface area contributed by atoms with Gasteiger partial charge in [-0.3, -0.25) is 4.79 Å². The molecule has 0 unspecified atom stereocenters. The Morgan fingerprint density at radius 1 is 1.21 bits per heavy atom. The van der Waals surface area contributed by atoms with Crippen LogP contribution in [0.15, 0.2) is 42.7 Å². The number of pyridine rings is 1. The van der Waals surface area contributed by atoms with Crippen molar-refractivity contribution in [3.8, 4) is 22.8 Å². The van der Waals surface area contributed by atoms with Gasteiger partial charge in [-0.2, -0.15) is 0 Å². The van der Waals surface area contributed by atoms with Crippen LogP contribution in [-0.4, -0.2) is 65.2 Å². The molecule has 10 nitrogen and oxygen atoms in total. The number of benzene rings is 1. The highest BCUT2D eigenvalue weighted by Crippen LogP contribution is 2.41. The first-order valence-electron chi connectivity index (χ1n) is 12.9. The predicted octanol–water partition coefficient (Wildman–Crippen LogP) is 4.90. The third kappa shape index (κ3) is 5.89. The number of methoxy groups -OCH3 is 1. The van der Waals surface area contributed by atoms with E-state index in [2.05, 4.69) is 32.5 Å². The molecule has 1 fully saturated rings. The molecular formula is C28H33N7O3S. The van der Waals surface area contributed by atoms with Crippen LogP contribution in [0.3, 0.4) is 0 Å². The number of carbonyl (C=O) groups is 1. The van der Waals surface area contributed by atoms with Gasteiger partial charge in [-0.05, 0) is 71.1 Å². The lowest BCUT2D eigenvalue weighted by Crippen LogP contribution is -2.36. The molecule has 204 valence electrons. The van der Waals surface area contributed by atoms with E-state index in [0.717, 1.165) is 42.0 Å². The van der Waals surface area contributed by atoms with Crippen LogP contribution in [0.25, 0.3) is 21.3 Å². The Kier molecular flexibility index (Phi) is 7.80. The number of thiophene rings is 1. The van der Waals surface area contributed by atoms with E-state index in [4.69, 9.17) is 20.2 Å². The van der Waals surface area contributed by atoms with Gasteiger partial charge in [0.15, 0.2) is 0 Å². The molecule has 4 aromatic rings. The summed E-state index contributed by atoms with van der Waals surface area (Å²) in [5.74, 6) is 0.899. The summed E-state index contributed by atoms with van der Waals surface area (Å²) >= 11 is 1.24. The van der Waals surface area contributed by atoms with Gasteiger partial charge in [0, 0.05) is 35.1 Å². The van der Waals surface area contributed by atoms with Crippen LogP contribution in [0.2, 0.25) is 0 Å². The predicted molar refractivity (Wildman–Crippen MR) is 155 cm³/mol. The third-order valence-corrected chi connectivity index (χ3v) is 7.70. The zero-order valence-electron chi connectivity index (χ0n) is 22.5. The number of primary amides is 1. The lowest BCUT2D eigenvalue weighted by molar-refractivity contribution is 0.100. The SMILES string of the molecule is COc1ncccc1-c1c(C(N)=O)sc2cnc(Nc3ccc(NC4CCN(C)CC4)cc3OC(C)C)nc12. The summed E-state index contributed by atoms with van der Waals surface area (Å²) < 4.78 is 12.3. The second-order valence-electron chi connectivity index (χ2n) is 9.86. The van der Waals surface area contributed by atoms with Crippen molar-refractivity contribution in [2.75, 3.05) is 37.9 Å². The molecule has 0 saturated carbocycles. The molecule has 0 radical (unpaired) electrons. The first kappa shape index (κ1) is 26.6. The summed E-state index contributed by atoms with van der Waals surface area (Å²) in [4.78, 5) is 28.7. The lowest BCUT2D eigenvalue weighted by Gasteiger charge is -2.30. The van der Waals surface area contributed by atoms with Crippen LogP contribution in [0.1, 0.15) is 36.4 Å². The fraction of sp³-hybridized carbons (Fsp3) is 0.357. The van der Waals surface area contributed by atoms with Crippen LogP contribution in [-0.2, 0) is 0 Å². The zero-order valence-corrected chi connectivity index (χ0v) is 23.3. The number of ether oxygens (including phenoxy) is 2. The maximum Gasteiger partial charge on any atom is 0.259 e. The van der Waals surface area contributed by atoms with Crippen molar-refractivity contribution in [2.45, 2.75) is 38.8 Å². The van der Waals surface area contributed by atoms with E-state index < -0.39 is 5.91 Å². The third-order valence-electron chi connectivity index (χ3n) is 6.57. The number of anilines is 3. The monoisotopic (exact) mass is 547 g/mol. The van der Waals surface area contributed by atoms with Crippen LogP contribution in [0, 0.1) is 0 Å². The molecule has 0 bridgehead atoms. The largest absolute Gasteiger partial charge is 0.489 e. The van der Waals surface area contributed by atoms with Crippen molar-refractivity contribution >= 4 is 44.8 Å². The number of piperidine rings is 1. The average molecular weight is 548 g/mol. The molecule has 3 aromatic heterocycles. The van der Waals surface area contributed by atoms with Gasteiger partial charge in [-0.15, -0.1) is 11.3 Å². The zero-order chi connectivity index (χ0) is 27.5. The topological polar surface area (TPSA) is 128 Å². The lowest BCUT2D eigenvalue weighted by atomic mass is 10.1. The van der Waals surface area contributed by atoms with E-state index in [1.165, 1.54) is 18.4 Å². The second kappa shape index (κ2) is 11.4. The maximum absolute atomic E-state index is 12.4. The second-order valence-corrected chi connectivity index (χ2v) is 10.9. The maximum atomic E-state index is 12.4. The van der Waals surface area contributed by atoms with Crippen molar-refractivity contribution in [3.63, 3.8) is 0 Å². The number of nitrogens with zero attached hydrogens (tertiary/aromatic N) is 4. The number of fused-ring (bicyclic) bond motifs is 1. The van der Waals surface area contributed by atoms with Gasteiger partial charge in [0.25, 0.3) is 5.91 Å². The van der Waals surface area contributed by atoms with E-state index in [0.29, 0.717) is 45.1 Å². The molecule has 0 atom stereocenters. The van der Waals surface area contributed by atoms with Gasteiger partial charge < -0.3 is 30.7 Å². The number of amides is 1. The number of aromatic nitrogens is 3. The number of nitrogens with one attached hydrogen (secondary N) is 2. The van der Waals surface area contributed by atoms with E-state index in [1.54, 1.807) is 18.5 Å². The Morgan fingerprint density at radius 3 is 2.72 bits per heavy atom. The highest BCUT2D eigenvalue weighted by molar-refractivity contribution is 7.21. The highest BCUT2D eigenvalue weighted by atomic mass is 32.1. The minimum absolute atomic E-state index is 0.0211. The number of nitrogens with two attached hydrogens (primary N) is 1. The van der Waals surface area contributed by atoms with Crippen LogP contribution in [0.4, 0.5) is 17.3 Å². The number of carbonyl (C=O) groups excluding carboxylic acids is 1. The van der Waals surface area contributed by atoms with Crippen LogP contribution < -0.4 is 25.8 Å². The minimum atomic E-state index is -0.547. The number of hydrogen-bond acceptors (Lipinski definition) is 10. The fourth-order valence-electron chi connectivity index (χ4n) is 4.70. The van der Waals surface area contributed by atoms with Gasteiger partial charge in [0.1, 0.15) is 10.6 Å². The molecule has 1 aliphatic heterocycles. The Balaban J connectivity index is 1.49. The quantitative estimate of drug-likeness (QED) is 0.268. The average Bonchev–Trinajstić information content (AvgIpc) is 3.30. The summed E-state index contributed by atoms with van der Waals surface area (Å²) in [6.45, 7) is 6.15. The highest BCUT2D eigenvalue weighted by Gasteiger charge is 2.23. The van der Waals surface area contributed by atoms with Gasteiger partial charge in [-0.25, -0.2) is 15.0 Å². The van der Waals surface area contributed by atoms with Crippen molar-refractivity contribution in [1.29, 1.82) is 0 Å². The molecule has 1 amide bonds. The molecule has 4 N–H and O–H groups in total. The summed E-state index contributed by atoms with van der Waals surface area (Å²) in [7, 11) is 3.69. The Hall–Kier alpha value is -3.96. The molecule has 1 aromatic carbocycles. The molecule has 5 rings (SSSR count). The summed E-state index contributed by atoms with van der Waals surface area (Å²) in [6, 6.07) is 10.1. The van der Waals surface area contributed by atoms with Gasteiger partial charge in [-0.1, -0.05) is 0 Å². The molecule has 1 saturated heterocycles. The Labute approximate surface area is 231 Å². The smallest absolute Gasteiger partial charge is 0.259 e. The summed E-state index contributed by atoms with van der Waals surface area (Å²) in [6.07, 6.45) is 5.50. The van der Waals surface area contributed by atoms with Crippen LogP contribution in [0.5, 0.6) is 11.6 Å². The Bertz CT molecular complexity index is 1480. The first-order chi connectivity index (χ1) is 18.8. The molecule has 0 spiro atoms. The van der Waals surface area contributed by atoms with E-state index in [9.17, 15) is 4.79 Å². The molecule has 1 aliphatic rings. The molecular weight excluding hydrogens is 514 g/mol. The molecule has 4 heterocycles. The van der Waals surface area contributed by atoms with Crippen molar-refractivity contribution in [1.82, 2.24) is 19.9 Å². The normalized spacial score (nSPS) is 14.5. The standard InChI is InChI=1S/C28H33N7O3S/c1-16(2)38-21-14-18(32-17-9-12-35(3)13-10-17)7-8-20(21)33-28-31-15-22-24(34-28)23(25(39-22)26(29)36)19-6-5-11-30-27(19)37-4/h5-8,11,14-17,32H,9-10,12-13H2,1-4H3,(H2,29,36)(H,31,33,34). The molecule has 39 heavy (non-hydrogen) atoms. The number of rotatable bonds is 9. The van der Waals surface area contributed by atoms with E-state index >= 15 is 0 Å². The van der Waals surface area contributed by atoms with Gasteiger partial charge in [0.05, 0.1) is 35.3 Å². The van der Waals surface area contributed by atoms with Crippen LogP contribution >= 0.6 is 11.3 Å². The van der Waals surface area contributed by atoms with Gasteiger partial charge in [0.2, 0.25) is 11.8 Å². The number of likely N-dealkylation sites (tertiary alicyclic amines) is 1. The van der Waals surface area contributed by atoms with Crippen molar-refractivity contribution in [3.05, 3.63) is 47.6 Å². The fourth-order valence-corrected chi connectivity index (χ4v) is 5.68. The van der Waals surface area contributed by atoms with Gasteiger partial charge >= 0.3 is 0 Å². The summed E-state index contributed by atoms with van der Waals surface area (Å²) in [5.41, 5.74) is 9.30. The van der Waals surface area contributed by atoms with Crippen molar-refractivity contribution in [2.24, 2.45) is 5.73 Å². The first-order valence-corrected chi connectivity index (χ1v) is 13.8. The molecule has 0 aliphatic carbocycles. The Morgan fingerprint density at radius 2 is 2.00 bits per heavy atom. The number of hydrogen-bond donors (Lipinski definition) is 3.